The van der Waals surface area contributed by atoms with Crippen molar-refractivity contribution in [2.24, 2.45) is 5.41 Å². The molecule has 4 rings (SSSR count). The lowest BCUT2D eigenvalue weighted by Gasteiger charge is -2.33. The third-order valence-corrected chi connectivity index (χ3v) is 6.80. The molecular weight excluding hydrogens is 473 g/mol. The molecule has 0 saturated carbocycles. The van der Waals surface area contributed by atoms with E-state index in [0.717, 1.165) is 36.0 Å². The zero-order valence-corrected chi connectivity index (χ0v) is 21.3. The van der Waals surface area contributed by atoms with Crippen LogP contribution in [-0.4, -0.2) is 28.3 Å². The molecule has 2 N–H and O–H groups in total. The van der Waals surface area contributed by atoms with Crippen molar-refractivity contribution in [3.8, 4) is 22.8 Å². The fourth-order valence-corrected chi connectivity index (χ4v) is 4.81. The summed E-state index contributed by atoms with van der Waals surface area (Å²) in [6, 6.07) is 14.3. The quantitative estimate of drug-likeness (QED) is 0.342. The van der Waals surface area contributed by atoms with Gasteiger partial charge in [0.1, 0.15) is 18.2 Å². The zero-order valence-electron chi connectivity index (χ0n) is 21.3. The molecule has 1 heterocycles. The summed E-state index contributed by atoms with van der Waals surface area (Å²) in [4.78, 5) is 14.9. The van der Waals surface area contributed by atoms with E-state index in [9.17, 15) is 14.3 Å². The van der Waals surface area contributed by atoms with Gasteiger partial charge in [-0.2, -0.15) is 0 Å². The number of hydrogen-bond acceptors (Lipinski definition) is 5. The Balaban J connectivity index is 1.68. The van der Waals surface area contributed by atoms with Gasteiger partial charge in [-0.15, -0.1) is 0 Å². The van der Waals surface area contributed by atoms with Crippen LogP contribution >= 0.6 is 0 Å². The lowest BCUT2D eigenvalue weighted by molar-refractivity contribution is -0.139. The highest BCUT2D eigenvalue weighted by Crippen LogP contribution is 2.46. The number of aliphatic hydroxyl groups excluding tert-OH is 1. The van der Waals surface area contributed by atoms with Gasteiger partial charge in [-0.3, -0.25) is 4.79 Å². The van der Waals surface area contributed by atoms with Crippen molar-refractivity contribution in [3.63, 3.8) is 0 Å². The van der Waals surface area contributed by atoms with Crippen LogP contribution in [-0.2, 0) is 11.4 Å². The predicted octanol–water partition coefficient (Wildman–Crippen LogP) is 6.58. The van der Waals surface area contributed by atoms with Crippen LogP contribution in [0.3, 0.4) is 0 Å². The number of aliphatic carboxylic acids is 1. The van der Waals surface area contributed by atoms with Crippen LogP contribution in [0.2, 0.25) is 0 Å². The van der Waals surface area contributed by atoms with Gasteiger partial charge in [-0.05, 0) is 70.7 Å². The van der Waals surface area contributed by atoms with E-state index in [0.29, 0.717) is 22.8 Å². The van der Waals surface area contributed by atoms with Gasteiger partial charge >= 0.3 is 5.97 Å². The molecule has 1 aliphatic rings. The Bertz CT molecular complexity index is 1320. The van der Waals surface area contributed by atoms with Gasteiger partial charge in [0.25, 0.3) is 0 Å². The number of carboxylic acids is 1. The fraction of sp³-hybridized carbons (Fsp3) is 0.333. The first kappa shape index (κ1) is 26.4. The number of methoxy groups -OCH3 is 1. The fourth-order valence-electron chi connectivity index (χ4n) is 4.81. The van der Waals surface area contributed by atoms with Crippen molar-refractivity contribution in [1.82, 2.24) is 4.98 Å². The number of benzene rings is 2. The van der Waals surface area contributed by atoms with E-state index in [1.54, 1.807) is 30.3 Å². The molecule has 0 amide bonds. The molecule has 194 valence electrons. The Morgan fingerprint density at radius 3 is 2.68 bits per heavy atom. The summed E-state index contributed by atoms with van der Waals surface area (Å²) in [6.45, 7) is 4.67. The van der Waals surface area contributed by atoms with Gasteiger partial charge in [0.05, 0.1) is 25.8 Å². The number of hydrogen-bond donors (Lipinski definition) is 2. The van der Waals surface area contributed by atoms with E-state index in [1.165, 1.54) is 18.9 Å². The second kappa shape index (κ2) is 11.1. The second-order valence-corrected chi connectivity index (χ2v) is 9.96. The minimum absolute atomic E-state index is 0.0747. The minimum Gasteiger partial charge on any atom is -0.489 e. The Morgan fingerprint density at radius 1 is 1.14 bits per heavy atom. The molecule has 1 aliphatic carbocycles. The molecule has 0 fully saturated rings. The van der Waals surface area contributed by atoms with Crippen molar-refractivity contribution in [3.05, 3.63) is 83.3 Å². The maximum Gasteiger partial charge on any atom is 0.306 e. The molecule has 7 heteroatoms. The first-order valence-corrected chi connectivity index (χ1v) is 12.3. The van der Waals surface area contributed by atoms with Crippen molar-refractivity contribution >= 4 is 11.5 Å². The highest BCUT2D eigenvalue weighted by atomic mass is 19.1. The smallest absolute Gasteiger partial charge is 0.306 e. The number of rotatable bonds is 9. The SMILES string of the molecule is COc1cc(-c2ccc(COc3cccc([C@H](O)CC(=O)O)c3)cc2C2=CCCCC2(C)C)c(F)cn1. The minimum atomic E-state index is -1.11. The summed E-state index contributed by atoms with van der Waals surface area (Å²) in [6.07, 6.45) is 5.04. The van der Waals surface area contributed by atoms with Crippen LogP contribution in [0.1, 0.15) is 62.3 Å². The molecule has 1 aromatic heterocycles. The highest BCUT2D eigenvalue weighted by Gasteiger charge is 2.29. The molecule has 2 aromatic carbocycles. The number of carboxylic acid groups (broad SMARTS) is 1. The van der Waals surface area contributed by atoms with Crippen LogP contribution in [0, 0.1) is 11.2 Å². The van der Waals surface area contributed by atoms with Crippen molar-refractivity contribution in [2.45, 2.75) is 52.2 Å². The molecule has 0 spiro atoms. The number of allylic oxidation sites excluding steroid dienone is 2. The molecule has 3 aromatic rings. The second-order valence-electron chi connectivity index (χ2n) is 9.96. The Labute approximate surface area is 216 Å². The number of carbonyl (C=O) groups is 1. The van der Waals surface area contributed by atoms with E-state index in [-0.39, 0.29) is 18.4 Å². The van der Waals surface area contributed by atoms with Gasteiger partial charge in [0.15, 0.2) is 0 Å². The molecule has 0 unspecified atom stereocenters. The van der Waals surface area contributed by atoms with Crippen LogP contribution < -0.4 is 9.47 Å². The topological polar surface area (TPSA) is 88.9 Å². The van der Waals surface area contributed by atoms with E-state index in [1.807, 2.05) is 18.2 Å². The number of halogens is 1. The third kappa shape index (κ3) is 6.17. The predicted molar refractivity (Wildman–Crippen MR) is 140 cm³/mol. The molecular formula is C30H32FNO5. The zero-order chi connectivity index (χ0) is 26.6. The van der Waals surface area contributed by atoms with Crippen molar-refractivity contribution < 1.29 is 28.9 Å². The summed E-state index contributed by atoms with van der Waals surface area (Å²) in [7, 11) is 1.51. The molecule has 0 bridgehead atoms. The van der Waals surface area contributed by atoms with Crippen LogP contribution in [0.4, 0.5) is 4.39 Å². The average Bonchev–Trinajstić information content (AvgIpc) is 2.87. The first-order chi connectivity index (χ1) is 17.7. The monoisotopic (exact) mass is 505 g/mol. The lowest BCUT2D eigenvalue weighted by Crippen LogP contribution is -2.18. The van der Waals surface area contributed by atoms with Gasteiger partial charge in [-0.25, -0.2) is 9.37 Å². The van der Waals surface area contributed by atoms with E-state index in [2.05, 4.69) is 24.9 Å². The normalized spacial score (nSPS) is 15.5. The van der Waals surface area contributed by atoms with Crippen LogP contribution in [0.5, 0.6) is 11.6 Å². The number of ether oxygens (including phenoxy) is 2. The Kier molecular flexibility index (Phi) is 7.93. The standard InChI is InChI=1S/C30H32FNO5/c1-30(2)12-5-4-9-25(30)23-13-19(10-11-22(23)24-15-28(36-3)32-17-26(24)31)18-37-21-8-6-7-20(14-21)27(33)16-29(34)35/h6-11,13-15,17,27,33H,4-5,12,16,18H2,1-3H3,(H,34,35)/t27-/m1/s1. The summed E-state index contributed by atoms with van der Waals surface area (Å²) in [5.74, 6) is -0.627. The maximum absolute atomic E-state index is 15.0. The molecule has 0 saturated heterocycles. The molecule has 0 aliphatic heterocycles. The number of aromatic nitrogens is 1. The molecule has 0 radical (unpaired) electrons. The number of nitrogens with zero attached hydrogens (tertiary/aromatic N) is 1. The molecule has 1 atom stereocenters. The molecule has 37 heavy (non-hydrogen) atoms. The molecule has 6 nitrogen and oxygen atoms in total. The van der Waals surface area contributed by atoms with E-state index < -0.39 is 17.9 Å². The third-order valence-electron chi connectivity index (χ3n) is 6.80. The summed E-state index contributed by atoms with van der Waals surface area (Å²) < 4.78 is 26.2. The lowest BCUT2D eigenvalue weighted by atomic mass is 9.71. The maximum atomic E-state index is 15.0. The average molecular weight is 506 g/mol. The number of pyridine rings is 1. The summed E-state index contributed by atoms with van der Waals surface area (Å²) >= 11 is 0. The van der Waals surface area contributed by atoms with Gasteiger partial charge in [0, 0.05) is 11.6 Å². The first-order valence-electron chi connectivity index (χ1n) is 12.3. The summed E-state index contributed by atoms with van der Waals surface area (Å²) in [5, 5.41) is 19.1. The largest absolute Gasteiger partial charge is 0.489 e. The van der Waals surface area contributed by atoms with Crippen LogP contribution in [0.15, 0.2) is 60.8 Å². The van der Waals surface area contributed by atoms with Gasteiger partial charge < -0.3 is 19.7 Å². The van der Waals surface area contributed by atoms with Crippen molar-refractivity contribution in [2.75, 3.05) is 7.11 Å². The highest BCUT2D eigenvalue weighted by molar-refractivity contribution is 5.84. The van der Waals surface area contributed by atoms with Crippen LogP contribution in [0.25, 0.3) is 16.7 Å². The number of aliphatic hydroxyl groups is 1. The van der Waals surface area contributed by atoms with E-state index >= 15 is 0 Å². The van der Waals surface area contributed by atoms with Gasteiger partial charge in [0.2, 0.25) is 5.88 Å². The van der Waals surface area contributed by atoms with E-state index in [4.69, 9.17) is 14.6 Å². The van der Waals surface area contributed by atoms with Crippen molar-refractivity contribution in [1.29, 1.82) is 0 Å². The Morgan fingerprint density at radius 2 is 1.95 bits per heavy atom. The summed E-state index contributed by atoms with van der Waals surface area (Å²) in [5.41, 5.74) is 4.62. The Hall–Kier alpha value is -3.71. The van der Waals surface area contributed by atoms with Gasteiger partial charge in [-0.1, -0.05) is 44.2 Å².